The zero-order valence-corrected chi connectivity index (χ0v) is 11.4. The van der Waals surface area contributed by atoms with Crippen LogP contribution in [0.1, 0.15) is 29.3 Å². The first-order valence-corrected chi connectivity index (χ1v) is 6.30. The molecule has 1 aliphatic rings. The van der Waals surface area contributed by atoms with Gasteiger partial charge in [0.2, 0.25) is 0 Å². The SMILES string of the molecule is Cc1ccccc1C1NCCCn2cccc21.Cl. The maximum absolute atomic E-state index is 3.66. The van der Waals surface area contributed by atoms with Crippen molar-refractivity contribution in [2.24, 2.45) is 0 Å². The van der Waals surface area contributed by atoms with Crippen LogP contribution in [0.4, 0.5) is 0 Å². The molecule has 1 unspecified atom stereocenters. The van der Waals surface area contributed by atoms with E-state index < -0.39 is 0 Å². The number of hydrogen-bond acceptors (Lipinski definition) is 1. The quantitative estimate of drug-likeness (QED) is 0.835. The van der Waals surface area contributed by atoms with Crippen LogP contribution in [0.15, 0.2) is 42.6 Å². The van der Waals surface area contributed by atoms with Crippen molar-refractivity contribution in [3.8, 4) is 0 Å². The summed E-state index contributed by atoms with van der Waals surface area (Å²) in [5.74, 6) is 0. The molecule has 0 fully saturated rings. The highest BCUT2D eigenvalue weighted by molar-refractivity contribution is 5.85. The second-order valence-corrected chi connectivity index (χ2v) is 4.72. The fourth-order valence-electron chi connectivity index (χ4n) is 2.67. The number of aromatic nitrogens is 1. The molecule has 0 bridgehead atoms. The highest BCUT2D eigenvalue weighted by atomic mass is 35.5. The average Bonchev–Trinajstić information content (AvgIpc) is 2.71. The third kappa shape index (κ3) is 2.31. The van der Waals surface area contributed by atoms with Gasteiger partial charge < -0.3 is 9.88 Å². The summed E-state index contributed by atoms with van der Waals surface area (Å²) in [6.45, 7) is 4.40. The summed E-state index contributed by atoms with van der Waals surface area (Å²) in [6, 6.07) is 13.4. The van der Waals surface area contributed by atoms with E-state index in [0.717, 1.165) is 13.1 Å². The Kier molecular flexibility index (Phi) is 4.10. The molecule has 0 spiro atoms. The van der Waals surface area contributed by atoms with Gasteiger partial charge in [-0.05, 0) is 43.1 Å². The number of hydrogen-bond donors (Lipinski definition) is 1. The summed E-state index contributed by atoms with van der Waals surface area (Å²) in [6.07, 6.45) is 3.39. The molecule has 0 radical (unpaired) electrons. The van der Waals surface area contributed by atoms with Gasteiger partial charge in [-0.1, -0.05) is 24.3 Å². The maximum atomic E-state index is 3.66. The first-order chi connectivity index (χ1) is 8.36. The molecular formula is C15H19ClN2. The molecule has 1 aromatic heterocycles. The van der Waals surface area contributed by atoms with Gasteiger partial charge in [-0.2, -0.15) is 0 Å². The van der Waals surface area contributed by atoms with Crippen LogP contribution in [0, 0.1) is 6.92 Å². The zero-order valence-electron chi connectivity index (χ0n) is 10.6. The second kappa shape index (κ2) is 5.59. The predicted molar refractivity (Wildman–Crippen MR) is 77.3 cm³/mol. The van der Waals surface area contributed by atoms with Crippen LogP contribution in [0.5, 0.6) is 0 Å². The molecule has 3 rings (SSSR count). The highest BCUT2D eigenvalue weighted by Gasteiger charge is 2.20. The van der Waals surface area contributed by atoms with E-state index in [2.05, 4.69) is 59.4 Å². The third-order valence-electron chi connectivity index (χ3n) is 3.58. The lowest BCUT2D eigenvalue weighted by molar-refractivity contribution is 0.607. The fourth-order valence-corrected chi connectivity index (χ4v) is 2.67. The van der Waals surface area contributed by atoms with Crippen LogP contribution < -0.4 is 5.32 Å². The minimum Gasteiger partial charge on any atom is -0.350 e. The molecule has 0 saturated carbocycles. The molecule has 0 amide bonds. The summed E-state index contributed by atoms with van der Waals surface area (Å²) in [7, 11) is 0. The summed E-state index contributed by atoms with van der Waals surface area (Å²) >= 11 is 0. The second-order valence-electron chi connectivity index (χ2n) is 4.72. The number of fused-ring (bicyclic) bond motifs is 1. The first-order valence-electron chi connectivity index (χ1n) is 6.30. The van der Waals surface area contributed by atoms with E-state index in [-0.39, 0.29) is 12.4 Å². The minimum absolute atomic E-state index is 0. The lowest BCUT2D eigenvalue weighted by Gasteiger charge is -2.19. The van der Waals surface area contributed by atoms with Crippen LogP contribution in [0.3, 0.4) is 0 Å². The van der Waals surface area contributed by atoms with Crippen molar-refractivity contribution in [1.82, 2.24) is 9.88 Å². The Morgan fingerprint density at radius 3 is 2.83 bits per heavy atom. The first kappa shape index (κ1) is 13.2. The van der Waals surface area contributed by atoms with E-state index in [9.17, 15) is 0 Å². The molecule has 96 valence electrons. The van der Waals surface area contributed by atoms with Gasteiger partial charge in [0.25, 0.3) is 0 Å². The van der Waals surface area contributed by atoms with E-state index in [4.69, 9.17) is 0 Å². The number of halogens is 1. The van der Waals surface area contributed by atoms with Crippen LogP contribution in [0.2, 0.25) is 0 Å². The fraction of sp³-hybridized carbons (Fsp3) is 0.333. The molecule has 1 atom stereocenters. The number of benzene rings is 1. The van der Waals surface area contributed by atoms with Crippen LogP contribution >= 0.6 is 12.4 Å². The van der Waals surface area contributed by atoms with Gasteiger partial charge in [0.15, 0.2) is 0 Å². The standard InChI is InChI=1S/C15H18N2.ClH/c1-12-6-2-3-7-13(12)15-14-8-4-10-17(14)11-5-9-16-15;/h2-4,6-8,10,15-16H,5,9,11H2,1H3;1H. The molecular weight excluding hydrogens is 244 g/mol. The normalized spacial score (nSPS) is 18.6. The summed E-state index contributed by atoms with van der Waals surface area (Å²) in [5, 5.41) is 3.66. The van der Waals surface area contributed by atoms with Crippen molar-refractivity contribution in [3.05, 3.63) is 59.4 Å². The topological polar surface area (TPSA) is 17.0 Å². The molecule has 2 aromatic rings. The monoisotopic (exact) mass is 262 g/mol. The largest absolute Gasteiger partial charge is 0.350 e. The number of nitrogens with zero attached hydrogens (tertiary/aromatic N) is 1. The van der Waals surface area contributed by atoms with Crippen molar-refractivity contribution in [2.75, 3.05) is 6.54 Å². The van der Waals surface area contributed by atoms with Crippen molar-refractivity contribution in [3.63, 3.8) is 0 Å². The molecule has 3 heteroatoms. The molecule has 0 saturated heterocycles. The number of rotatable bonds is 1. The van der Waals surface area contributed by atoms with Gasteiger partial charge in [0.05, 0.1) is 6.04 Å². The van der Waals surface area contributed by atoms with Gasteiger partial charge in [-0.15, -0.1) is 12.4 Å². The van der Waals surface area contributed by atoms with Crippen molar-refractivity contribution < 1.29 is 0 Å². The molecule has 2 nitrogen and oxygen atoms in total. The molecule has 0 aliphatic carbocycles. The number of aryl methyl sites for hydroxylation is 2. The third-order valence-corrected chi connectivity index (χ3v) is 3.58. The van der Waals surface area contributed by atoms with Gasteiger partial charge in [-0.25, -0.2) is 0 Å². The maximum Gasteiger partial charge on any atom is 0.0733 e. The smallest absolute Gasteiger partial charge is 0.0733 e. The van der Waals surface area contributed by atoms with Crippen molar-refractivity contribution >= 4 is 12.4 Å². The van der Waals surface area contributed by atoms with Crippen LogP contribution in [-0.4, -0.2) is 11.1 Å². The van der Waals surface area contributed by atoms with E-state index >= 15 is 0 Å². The summed E-state index contributed by atoms with van der Waals surface area (Å²) in [5.41, 5.74) is 4.14. The Morgan fingerprint density at radius 2 is 2.00 bits per heavy atom. The molecule has 1 aromatic carbocycles. The zero-order chi connectivity index (χ0) is 11.7. The minimum atomic E-state index is 0. The lowest BCUT2D eigenvalue weighted by Crippen LogP contribution is -2.23. The Balaban J connectivity index is 0.00000120. The van der Waals surface area contributed by atoms with E-state index in [1.165, 1.54) is 23.2 Å². The van der Waals surface area contributed by atoms with Crippen LogP contribution in [0.25, 0.3) is 0 Å². The van der Waals surface area contributed by atoms with Crippen molar-refractivity contribution in [1.29, 1.82) is 0 Å². The van der Waals surface area contributed by atoms with Gasteiger partial charge in [0, 0.05) is 18.4 Å². The van der Waals surface area contributed by atoms with Gasteiger partial charge >= 0.3 is 0 Å². The molecule has 18 heavy (non-hydrogen) atoms. The Bertz CT molecular complexity index is 519. The van der Waals surface area contributed by atoms with E-state index in [1.807, 2.05) is 0 Å². The Hall–Kier alpha value is -1.25. The van der Waals surface area contributed by atoms with Crippen LogP contribution in [-0.2, 0) is 6.54 Å². The molecule has 1 N–H and O–H groups in total. The van der Waals surface area contributed by atoms with Crippen molar-refractivity contribution in [2.45, 2.75) is 25.9 Å². The predicted octanol–water partition coefficient (Wildman–Crippen LogP) is 3.30. The Labute approximate surface area is 114 Å². The lowest BCUT2D eigenvalue weighted by atomic mass is 9.99. The Morgan fingerprint density at radius 1 is 1.17 bits per heavy atom. The van der Waals surface area contributed by atoms with E-state index in [0.29, 0.717) is 6.04 Å². The molecule has 2 heterocycles. The summed E-state index contributed by atoms with van der Waals surface area (Å²) in [4.78, 5) is 0. The number of nitrogens with one attached hydrogen (secondary N) is 1. The molecule has 1 aliphatic heterocycles. The highest BCUT2D eigenvalue weighted by Crippen LogP contribution is 2.26. The van der Waals surface area contributed by atoms with Gasteiger partial charge in [0.1, 0.15) is 0 Å². The van der Waals surface area contributed by atoms with Gasteiger partial charge in [-0.3, -0.25) is 0 Å². The van der Waals surface area contributed by atoms with E-state index in [1.54, 1.807) is 0 Å². The summed E-state index contributed by atoms with van der Waals surface area (Å²) < 4.78 is 2.37. The average molecular weight is 263 g/mol.